The van der Waals surface area contributed by atoms with Crippen molar-refractivity contribution in [1.82, 2.24) is 0 Å². The first-order valence-corrected chi connectivity index (χ1v) is 8.91. The normalized spacial score (nSPS) is 17.1. The molecule has 3 unspecified atom stereocenters. The van der Waals surface area contributed by atoms with Gasteiger partial charge in [0.15, 0.2) is 0 Å². The van der Waals surface area contributed by atoms with E-state index in [0.29, 0.717) is 24.6 Å². The van der Waals surface area contributed by atoms with Crippen LogP contribution < -0.4 is 0 Å². The average molecular weight is 492 g/mol. The van der Waals surface area contributed by atoms with Crippen molar-refractivity contribution < 1.29 is 14.6 Å². The molecule has 0 aromatic rings. The molecule has 0 aromatic heterocycles. The van der Waals surface area contributed by atoms with Crippen molar-refractivity contribution in [2.75, 3.05) is 37.1 Å². The fourth-order valence-electron chi connectivity index (χ4n) is 0.810. The Morgan fingerprint density at radius 2 is 1.50 bits per heavy atom. The van der Waals surface area contributed by atoms with E-state index in [1.807, 2.05) is 0 Å². The van der Waals surface area contributed by atoms with E-state index in [-0.39, 0.29) is 17.5 Å². The summed E-state index contributed by atoms with van der Waals surface area (Å²) in [4.78, 5) is 0.548. The summed E-state index contributed by atoms with van der Waals surface area (Å²) in [5.41, 5.74) is 0. The van der Waals surface area contributed by atoms with Crippen molar-refractivity contribution in [2.24, 2.45) is 0 Å². The molecule has 0 spiro atoms. The Balaban J connectivity index is 3.58. The van der Waals surface area contributed by atoms with Gasteiger partial charge < -0.3 is 14.6 Å². The molecular weight excluding hydrogens is 476 g/mol. The smallest absolute Gasteiger partial charge is 0.104 e. The Kier molecular flexibility index (Phi) is 13.2. The van der Waals surface area contributed by atoms with Gasteiger partial charge in [-0.2, -0.15) is 0 Å². The van der Waals surface area contributed by atoms with Crippen LogP contribution in [0.1, 0.15) is 0 Å². The monoisotopic (exact) mass is 488 g/mol. The standard InChI is InChI=1S/C9H16Br4O3/c10-1-7(12)4-15-6-9(3-14)16-5-8(13)2-11/h7-9,14H,1-6H2. The van der Waals surface area contributed by atoms with E-state index < -0.39 is 0 Å². The van der Waals surface area contributed by atoms with E-state index in [4.69, 9.17) is 14.6 Å². The number of hydrogen-bond acceptors (Lipinski definition) is 3. The van der Waals surface area contributed by atoms with Gasteiger partial charge in [0.1, 0.15) is 6.10 Å². The van der Waals surface area contributed by atoms with Crippen molar-refractivity contribution in [3.63, 3.8) is 0 Å². The average Bonchev–Trinajstić information content (AvgIpc) is 2.32. The molecule has 0 heterocycles. The second-order valence-electron chi connectivity index (χ2n) is 3.18. The van der Waals surface area contributed by atoms with Gasteiger partial charge >= 0.3 is 0 Å². The Labute approximate surface area is 130 Å². The van der Waals surface area contributed by atoms with Crippen LogP contribution in [-0.4, -0.2) is 58.0 Å². The van der Waals surface area contributed by atoms with Gasteiger partial charge in [-0.05, 0) is 0 Å². The Hall–Kier alpha value is 1.80. The zero-order valence-electron chi connectivity index (χ0n) is 8.75. The SMILES string of the molecule is OCC(COCC(Br)CBr)OCC(Br)CBr. The maximum atomic E-state index is 9.08. The maximum Gasteiger partial charge on any atom is 0.104 e. The highest BCUT2D eigenvalue weighted by atomic mass is 79.9. The van der Waals surface area contributed by atoms with Crippen LogP contribution in [0, 0.1) is 0 Å². The van der Waals surface area contributed by atoms with Crippen molar-refractivity contribution in [2.45, 2.75) is 15.8 Å². The van der Waals surface area contributed by atoms with Crippen LogP contribution in [0.2, 0.25) is 0 Å². The third-order valence-corrected chi connectivity index (χ3v) is 6.13. The Bertz CT molecular complexity index is 162. The minimum Gasteiger partial charge on any atom is -0.394 e. The fraction of sp³-hybridized carbons (Fsp3) is 1.00. The Morgan fingerprint density at radius 3 is 2.00 bits per heavy atom. The van der Waals surface area contributed by atoms with Crippen molar-refractivity contribution >= 4 is 63.7 Å². The molecule has 0 aliphatic carbocycles. The molecule has 0 bridgehead atoms. The summed E-state index contributed by atoms with van der Waals surface area (Å²) in [5.74, 6) is 0. The van der Waals surface area contributed by atoms with Crippen molar-refractivity contribution in [1.29, 1.82) is 0 Å². The van der Waals surface area contributed by atoms with Crippen LogP contribution in [0.5, 0.6) is 0 Å². The summed E-state index contributed by atoms with van der Waals surface area (Å²) in [5, 5.41) is 10.7. The number of rotatable bonds is 10. The van der Waals surface area contributed by atoms with Crippen LogP contribution in [0.25, 0.3) is 0 Å². The maximum absolute atomic E-state index is 9.08. The molecule has 0 radical (unpaired) electrons. The predicted octanol–water partition coefficient (Wildman–Crippen LogP) is 2.70. The second-order valence-corrected chi connectivity index (χ2v) is 7.06. The van der Waals surface area contributed by atoms with E-state index in [0.717, 1.165) is 10.7 Å². The molecule has 98 valence electrons. The molecule has 7 heteroatoms. The van der Waals surface area contributed by atoms with Crippen molar-refractivity contribution in [3.05, 3.63) is 0 Å². The molecule has 0 fully saturated rings. The first-order chi connectivity index (χ1) is 7.63. The van der Waals surface area contributed by atoms with Gasteiger partial charge in [0, 0.05) is 20.3 Å². The van der Waals surface area contributed by atoms with Crippen LogP contribution in [0.4, 0.5) is 0 Å². The van der Waals surface area contributed by atoms with Gasteiger partial charge in [-0.3, -0.25) is 0 Å². The molecule has 0 aliphatic rings. The summed E-state index contributed by atoms with van der Waals surface area (Å²) < 4.78 is 10.9. The largest absolute Gasteiger partial charge is 0.394 e. The quantitative estimate of drug-likeness (QED) is 0.478. The highest BCUT2D eigenvalue weighted by Gasteiger charge is 2.12. The molecule has 1 N–H and O–H groups in total. The molecule has 3 nitrogen and oxygen atoms in total. The molecule has 0 saturated carbocycles. The van der Waals surface area contributed by atoms with Crippen LogP contribution >= 0.6 is 63.7 Å². The number of ether oxygens (including phenoxy) is 2. The minimum absolute atomic E-state index is 0.0245. The summed E-state index contributed by atoms with van der Waals surface area (Å²) in [6.07, 6.45) is -0.255. The molecule has 0 saturated heterocycles. The Morgan fingerprint density at radius 1 is 0.938 bits per heavy atom. The van der Waals surface area contributed by atoms with Gasteiger partial charge in [-0.15, -0.1) is 0 Å². The number of halogens is 4. The molecular formula is C9H16Br4O3. The number of alkyl halides is 4. The van der Waals surface area contributed by atoms with Crippen LogP contribution in [-0.2, 0) is 9.47 Å². The summed E-state index contributed by atoms with van der Waals surface area (Å²) >= 11 is 13.5. The lowest BCUT2D eigenvalue weighted by Gasteiger charge is -2.17. The van der Waals surface area contributed by atoms with E-state index >= 15 is 0 Å². The number of hydrogen-bond donors (Lipinski definition) is 1. The lowest BCUT2D eigenvalue weighted by atomic mass is 10.4. The molecule has 0 amide bonds. The molecule has 0 aromatic carbocycles. The number of aliphatic hydroxyl groups is 1. The second kappa shape index (κ2) is 11.9. The van der Waals surface area contributed by atoms with Gasteiger partial charge in [-0.25, -0.2) is 0 Å². The van der Waals surface area contributed by atoms with Gasteiger partial charge in [0.25, 0.3) is 0 Å². The molecule has 3 atom stereocenters. The first kappa shape index (κ1) is 17.8. The lowest BCUT2D eigenvalue weighted by molar-refractivity contribution is -0.0393. The summed E-state index contributed by atoms with van der Waals surface area (Å²) in [6, 6.07) is 0. The third kappa shape index (κ3) is 9.79. The third-order valence-electron chi connectivity index (χ3n) is 1.65. The number of aliphatic hydroxyl groups excluding tert-OH is 1. The highest BCUT2D eigenvalue weighted by molar-refractivity contribution is 9.12. The fourth-order valence-corrected chi connectivity index (χ4v) is 1.52. The van der Waals surface area contributed by atoms with E-state index in [9.17, 15) is 0 Å². The van der Waals surface area contributed by atoms with Gasteiger partial charge in [-0.1, -0.05) is 63.7 Å². The first-order valence-electron chi connectivity index (χ1n) is 4.84. The molecule has 0 rings (SSSR count). The van der Waals surface area contributed by atoms with Crippen LogP contribution in [0.3, 0.4) is 0 Å². The van der Waals surface area contributed by atoms with Crippen molar-refractivity contribution in [3.8, 4) is 0 Å². The van der Waals surface area contributed by atoms with Gasteiger partial charge in [0.05, 0.1) is 26.4 Å². The highest BCUT2D eigenvalue weighted by Crippen LogP contribution is 2.07. The zero-order chi connectivity index (χ0) is 12.4. The van der Waals surface area contributed by atoms with E-state index in [2.05, 4.69) is 63.7 Å². The van der Waals surface area contributed by atoms with Crippen LogP contribution in [0.15, 0.2) is 0 Å². The molecule has 0 aliphatic heterocycles. The van der Waals surface area contributed by atoms with E-state index in [1.54, 1.807) is 0 Å². The predicted molar refractivity (Wildman–Crippen MR) is 80.7 cm³/mol. The van der Waals surface area contributed by atoms with E-state index in [1.165, 1.54) is 0 Å². The summed E-state index contributed by atoms with van der Waals surface area (Å²) in [7, 11) is 0. The zero-order valence-corrected chi connectivity index (χ0v) is 15.1. The lowest BCUT2D eigenvalue weighted by Crippen LogP contribution is -2.28. The molecule has 16 heavy (non-hydrogen) atoms. The minimum atomic E-state index is -0.255. The topological polar surface area (TPSA) is 38.7 Å². The van der Waals surface area contributed by atoms with Gasteiger partial charge in [0.2, 0.25) is 0 Å². The summed E-state index contributed by atoms with van der Waals surface area (Å²) in [6.45, 7) is 1.54.